The second-order valence-electron chi connectivity index (χ2n) is 4.33. The van der Waals surface area contributed by atoms with Crippen LogP contribution in [0, 0.1) is 0 Å². The summed E-state index contributed by atoms with van der Waals surface area (Å²) in [5, 5.41) is 3.20. The maximum atomic E-state index is 12.2. The van der Waals surface area contributed by atoms with Crippen molar-refractivity contribution in [3.63, 3.8) is 0 Å². The summed E-state index contributed by atoms with van der Waals surface area (Å²) in [6.07, 6.45) is -1.65. The summed E-state index contributed by atoms with van der Waals surface area (Å²) in [7, 11) is 1.43. The lowest BCUT2D eigenvalue weighted by Crippen LogP contribution is -2.30. The Labute approximate surface area is 105 Å². The zero-order valence-corrected chi connectivity index (χ0v) is 10.7. The predicted octanol–water partition coefficient (Wildman–Crippen LogP) is 2.77. The average molecular weight is 264 g/mol. The van der Waals surface area contributed by atoms with Crippen molar-refractivity contribution in [3.8, 4) is 0 Å². The quantitative estimate of drug-likeness (QED) is 0.768. The van der Waals surface area contributed by atoms with Crippen molar-refractivity contribution in [1.82, 2.24) is 10.2 Å². The molecule has 0 aromatic carbocycles. The smallest absolute Gasteiger partial charge is 0.401 e. The Morgan fingerprint density at radius 2 is 2.11 bits per heavy atom. The summed E-state index contributed by atoms with van der Waals surface area (Å²) >= 11 is 0. The number of furan rings is 1. The Morgan fingerprint density at radius 1 is 1.39 bits per heavy atom. The molecule has 0 fully saturated rings. The first-order chi connectivity index (χ1) is 8.42. The van der Waals surface area contributed by atoms with Crippen molar-refractivity contribution >= 4 is 0 Å². The number of nitrogens with zero attached hydrogens (tertiary/aromatic N) is 1. The van der Waals surface area contributed by atoms with Crippen molar-refractivity contribution in [3.05, 3.63) is 23.7 Å². The monoisotopic (exact) mass is 264 g/mol. The SMILES string of the molecule is CCCNCc1ccoc1CN(C)CC(F)(F)F. The molecule has 0 unspecified atom stereocenters. The number of alkyl halides is 3. The lowest BCUT2D eigenvalue weighted by atomic mass is 10.2. The van der Waals surface area contributed by atoms with Gasteiger partial charge in [0.1, 0.15) is 5.76 Å². The average Bonchev–Trinajstić information content (AvgIpc) is 2.63. The van der Waals surface area contributed by atoms with Gasteiger partial charge in [-0.2, -0.15) is 13.2 Å². The van der Waals surface area contributed by atoms with Crippen LogP contribution in [0.5, 0.6) is 0 Å². The summed E-state index contributed by atoms with van der Waals surface area (Å²) in [4.78, 5) is 1.20. The highest BCUT2D eigenvalue weighted by Gasteiger charge is 2.29. The first-order valence-corrected chi connectivity index (χ1v) is 5.93. The molecule has 0 aliphatic rings. The maximum Gasteiger partial charge on any atom is 0.401 e. The van der Waals surface area contributed by atoms with E-state index in [0.717, 1.165) is 18.5 Å². The topological polar surface area (TPSA) is 28.4 Å². The third-order valence-electron chi connectivity index (χ3n) is 2.44. The molecule has 0 radical (unpaired) electrons. The zero-order chi connectivity index (χ0) is 13.6. The summed E-state index contributed by atoms with van der Waals surface area (Å²) < 4.78 is 41.8. The second kappa shape index (κ2) is 6.80. The van der Waals surface area contributed by atoms with Crippen molar-refractivity contribution in [1.29, 1.82) is 0 Å². The van der Waals surface area contributed by atoms with E-state index in [9.17, 15) is 13.2 Å². The van der Waals surface area contributed by atoms with E-state index in [0.29, 0.717) is 12.3 Å². The first-order valence-electron chi connectivity index (χ1n) is 5.93. The van der Waals surface area contributed by atoms with Gasteiger partial charge >= 0.3 is 6.18 Å². The molecule has 0 amide bonds. The van der Waals surface area contributed by atoms with Crippen LogP contribution in [0.3, 0.4) is 0 Å². The summed E-state index contributed by atoms with van der Waals surface area (Å²) in [6, 6.07) is 1.79. The highest BCUT2D eigenvalue weighted by molar-refractivity contribution is 5.16. The lowest BCUT2D eigenvalue weighted by Gasteiger charge is -2.17. The summed E-state index contributed by atoms with van der Waals surface area (Å²) in [5.74, 6) is 0.588. The minimum Gasteiger partial charge on any atom is -0.468 e. The molecular weight excluding hydrogens is 245 g/mol. The Bertz CT molecular complexity index is 349. The summed E-state index contributed by atoms with van der Waals surface area (Å²) in [5.41, 5.74) is 0.914. The normalized spacial score (nSPS) is 12.3. The van der Waals surface area contributed by atoms with Gasteiger partial charge < -0.3 is 9.73 Å². The van der Waals surface area contributed by atoms with Gasteiger partial charge in [0.15, 0.2) is 0 Å². The van der Waals surface area contributed by atoms with Crippen LogP contribution in [0.15, 0.2) is 16.7 Å². The van der Waals surface area contributed by atoms with E-state index in [2.05, 4.69) is 12.2 Å². The van der Waals surface area contributed by atoms with Crippen LogP contribution in [0.25, 0.3) is 0 Å². The molecule has 3 nitrogen and oxygen atoms in total. The fourth-order valence-corrected chi connectivity index (χ4v) is 1.67. The highest BCUT2D eigenvalue weighted by atomic mass is 19.4. The van der Waals surface area contributed by atoms with Gasteiger partial charge in [-0.1, -0.05) is 6.92 Å². The van der Waals surface area contributed by atoms with Gasteiger partial charge in [-0.3, -0.25) is 4.90 Å². The molecule has 0 saturated heterocycles. The molecule has 1 heterocycles. The Balaban J connectivity index is 2.48. The molecule has 1 N–H and O–H groups in total. The van der Waals surface area contributed by atoms with Crippen LogP contribution >= 0.6 is 0 Å². The molecule has 0 aliphatic carbocycles. The van der Waals surface area contributed by atoms with Crippen LogP contribution < -0.4 is 5.32 Å². The molecule has 104 valence electrons. The van der Waals surface area contributed by atoms with Crippen LogP contribution in [0.2, 0.25) is 0 Å². The number of halogens is 3. The van der Waals surface area contributed by atoms with Gasteiger partial charge in [0.25, 0.3) is 0 Å². The number of nitrogens with one attached hydrogen (secondary N) is 1. The molecule has 1 rings (SSSR count). The second-order valence-corrected chi connectivity index (χ2v) is 4.33. The fourth-order valence-electron chi connectivity index (χ4n) is 1.67. The molecule has 0 aliphatic heterocycles. The van der Waals surface area contributed by atoms with E-state index in [-0.39, 0.29) is 6.54 Å². The van der Waals surface area contributed by atoms with Crippen LogP contribution in [-0.2, 0) is 13.1 Å². The van der Waals surface area contributed by atoms with Gasteiger partial charge in [-0.05, 0) is 26.1 Å². The first kappa shape index (κ1) is 15.0. The standard InChI is InChI=1S/C12H19F3N2O/c1-3-5-16-7-10-4-6-18-11(10)8-17(2)9-12(13,14)15/h4,6,16H,3,5,7-9H2,1-2H3. The van der Waals surface area contributed by atoms with Crippen LogP contribution in [-0.4, -0.2) is 31.2 Å². The zero-order valence-electron chi connectivity index (χ0n) is 10.7. The Hall–Kier alpha value is -1.01. The third kappa shape index (κ3) is 5.55. The van der Waals surface area contributed by atoms with E-state index >= 15 is 0 Å². The predicted molar refractivity (Wildman–Crippen MR) is 63.1 cm³/mol. The molecular formula is C12H19F3N2O. The van der Waals surface area contributed by atoms with Crippen molar-refractivity contribution in [2.45, 2.75) is 32.6 Å². The van der Waals surface area contributed by atoms with Gasteiger partial charge in [0.05, 0.1) is 19.4 Å². The molecule has 6 heteroatoms. The third-order valence-corrected chi connectivity index (χ3v) is 2.44. The van der Waals surface area contributed by atoms with E-state index in [1.165, 1.54) is 18.2 Å². The lowest BCUT2D eigenvalue weighted by molar-refractivity contribution is -0.144. The minimum atomic E-state index is -4.18. The molecule has 1 aromatic rings. The van der Waals surface area contributed by atoms with E-state index in [4.69, 9.17) is 4.42 Å². The van der Waals surface area contributed by atoms with Gasteiger partial charge in [-0.25, -0.2) is 0 Å². The van der Waals surface area contributed by atoms with Gasteiger partial charge in [0, 0.05) is 12.1 Å². The number of rotatable bonds is 7. The molecule has 18 heavy (non-hydrogen) atoms. The summed E-state index contributed by atoms with van der Waals surface area (Å²) in [6.45, 7) is 2.79. The van der Waals surface area contributed by atoms with E-state index in [1.807, 2.05) is 0 Å². The van der Waals surface area contributed by atoms with Gasteiger partial charge in [0.2, 0.25) is 0 Å². The number of hydrogen-bond donors (Lipinski definition) is 1. The van der Waals surface area contributed by atoms with E-state index < -0.39 is 12.7 Å². The maximum absolute atomic E-state index is 12.2. The Kier molecular flexibility index (Phi) is 5.68. The van der Waals surface area contributed by atoms with E-state index in [1.54, 1.807) is 6.07 Å². The minimum absolute atomic E-state index is 0.162. The Morgan fingerprint density at radius 3 is 2.72 bits per heavy atom. The number of hydrogen-bond acceptors (Lipinski definition) is 3. The largest absolute Gasteiger partial charge is 0.468 e. The van der Waals surface area contributed by atoms with Crippen LogP contribution in [0.4, 0.5) is 13.2 Å². The van der Waals surface area contributed by atoms with Gasteiger partial charge in [-0.15, -0.1) is 0 Å². The molecule has 1 aromatic heterocycles. The van der Waals surface area contributed by atoms with Crippen molar-refractivity contribution in [2.75, 3.05) is 20.1 Å². The van der Waals surface area contributed by atoms with Crippen molar-refractivity contribution in [2.24, 2.45) is 0 Å². The molecule has 0 spiro atoms. The molecule has 0 saturated carbocycles. The van der Waals surface area contributed by atoms with Crippen LogP contribution in [0.1, 0.15) is 24.7 Å². The highest BCUT2D eigenvalue weighted by Crippen LogP contribution is 2.18. The fraction of sp³-hybridized carbons (Fsp3) is 0.667. The molecule has 0 atom stereocenters. The van der Waals surface area contributed by atoms with Crippen molar-refractivity contribution < 1.29 is 17.6 Å². The molecule has 0 bridgehead atoms.